The number of H-pyrrole nitrogens is 1. The third-order valence-corrected chi connectivity index (χ3v) is 4.62. The number of halogens is 2. The predicted octanol–water partition coefficient (Wildman–Crippen LogP) is 4.77. The lowest BCUT2D eigenvalue weighted by atomic mass is 10.2. The Hall–Kier alpha value is -2.48. The van der Waals surface area contributed by atoms with Gasteiger partial charge in [0.05, 0.1) is 4.47 Å². The van der Waals surface area contributed by atoms with E-state index >= 15 is 0 Å². The molecular formula is C17H16BrFN6. The summed E-state index contributed by atoms with van der Waals surface area (Å²) in [6.07, 6.45) is 4.08. The molecule has 1 fully saturated rings. The first-order valence-electron chi connectivity index (χ1n) is 7.96. The van der Waals surface area contributed by atoms with Crippen molar-refractivity contribution in [2.45, 2.75) is 25.7 Å². The van der Waals surface area contributed by atoms with Crippen LogP contribution in [0.5, 0.6) is 0 Å². The molecule has 0 aliphatic heterocycles. The van der Waals surface area contributed by atoms with Crippen LogP contribution < -0.4 is 10.6 Å². The van der Waals surface area contributed by atoms with Crippen LogP contribution in [0.3, 0.4) is 0 Å². The number of hydrogen-bond acceptors (Lipinski definition) is 5. The number of aryl methyl sites for hydroxylation is 1. The average molecular weight is 403 g/mol. The standard InChI is InChI=1S/C17H16BrFN6/c1-9-6-11(19)4-5-13(9)21-17-20-8-12(18)16(23-17)22-15-7-14(24-25-15)10-2-3-10/h4-8,10H,2-3H2,1H3,(H3,20,21,22,23,24,25). The number of nitrogens with one attached hydrogen (secondary N) is 3. The summed E-state index contributed by atoms with van der Waals surface area (Å²) < 4.78 is 14.0. The molecule has 1 aromatic carbocycles. The zero-order chi connectivity index (χ0) is 17.4. The normalized spacial score (nSPS) is 13.7. The van der Waals surface area contributed by atoms with Crippen LogP contribution >= 0.6 is 15.9 Å². The molecular weight excluding hydrogens is 387 g/mol. The molecule has 0 bridgehead atoms. The largest absolute Gasteiger partial charge is 0.324 e. The van der Waals surface area contributed by atoms with Crippen molar-refractivity contribution in [1.29, 1.82) is 0 Å². The van der Waals surface area contributed by atoms with Gasteiger partial charge in [0.15, 0.2) is 11.6 Å². The van der Waals surface area contributed by atoms with Crippen molar-refractivity contribution in [3.05, 3.63) is 52.0 Å². The van der Waals surface area contributed by atoms with Gasteiger partial charge in [-0.15, -0.1) is 0 Å². The van der Waals surface area contributed by atoms with Gasteiger partial charge in [-0.1, -0.05) is 0 Å². The van der Waals surface area contributed by atoms with Crippen molar-refractivity contribution in [3.8, 4) is 0 Å². The van der Waals surface area contributed by atoms with Gasteiger partial charge in [-0.2, -0.15) is 10.1 Å². The van der Waals surface area contributed by atoms with Gasteiger partial charge in [0.2, 0.25) is 5.95 Å². The fourth-order valence-electron chi connectivity index (χ4n) is 2.53. The Balaban J connectivity index is 1.55. The van der Waals surface area contributed by atoms with Crippen LogP contribution in [0.1, 0.15) is 30.0 Å². The SMILES string of the molecule is Cc1cc(F)ccc1Nc1ncc(Br)c(Nc2cc(C3CC3)[nH]n2)n1. The summed E-state index contributed by atoms with van der Waals surface area (Å²) >= 11 is 3.44. The van der Waals surface area contributed by atoms with Crippen molar-refractivity contribution in [1.82, 2.24) is 20.2 Å². The molecule has 3 N–H and O–H groups in total. The van der Waals surface area contributed by atoms with E-state index in [1.807, 2.05) is 13.0 Å². The molecule has 0 amide bonds. The number of anilines is 4. The number of nitrogens with zero attached hydrogens (tertiary/aromatic N) is 3. The molecule has 0 spiro atoms. The Morgan fingerprint density at radius 1 is 1.24 bits per heavy atom. The van der Waals surface area contributed by atoms with Gasteiger partial charge in [-0.3, -0.25) is 5.10 Å². The number of aromatic nitrogens is 4. The minimum Gasteiger partial charge on any atom is -0.324 e. The van der Waals surface area contributed by atoms with Gasteiger partial charge in [0.1, 0.15) is 5.82 Å². The number of rotatable bonds is 5. The minimum absolute atomic E-state index is 0.271. The van der Waals surface area contributed by atoms with E-state index in [1.54, 1.807) is 12.3 Å². The summed E-state index contributed by atoms with van der Waals surface area (Å²) in [4.78, 5) is 8.72. The maximum Gasteiger partial charge on any atom is 0.229 e. The van der Waals surface area contributed by atoms with Crippen LogP contribution in [0.4, 0.5) is 27.7 Å². The summed E-state index contributed by atoms with van der Waals surface area (Å²) in [6.45, 7) is 1.83. The molecule has 25 heavy (non-hydrogen) atoms. The first-order chi connectivity index (χ1) is 12.1. The van der Waals surface area contributed by atoms with Crippen LogP contribution in [0, 0.1) is 12.7 Å². The summed E-state index contributed by atoms with van der Waals surface area (Å²) in [5.41, 5.74) is 2.68. The van der Waals surface area contributed by atoms with Gasteiger partial charge in [0.25, 0.3) is 0 Å². The quantitative estimate of drug-likeness (QED) is 0.572. The molecule has 6 nitrogen and oxygen atoms in total. The van der Waals surface area contributed by atoms with E-state index in [1.165, 1.54) is 25.0 Å². The summed E-state index contributed by atoms with van der Waals surface area (Å²) in [6, 6.07) is 6.53. The average Bonchev–Trinajstić information content (AvgIpc) is 3.33. The zero-order valence-corrected chi connectivity index (χ0v) is 15.1. The maximum absolute atomic E-state index is 13.2. The predicted molar refractivity (Wildman–Crippen MR) is 98.0 cm³/mol. The Morgan fingerprint density at radius 3 is 2.84 bits per heavy atom. The maximum atomic E-state index is 13.2. The summed E-state index contributed by atoms with van der Waals surface area (Å²) in [7, 11) is 0. The van der Waals surface area contributed by atoms with Gasteiger partial charge >= 0.3 is 0 Å². The highest BCUT2D eigenvalue weighted by Crippen LogP contribution is 2.39. The van der Waals surface area contributed by atoms with E-state index in [0.717, 1.165) is 21.4 Å². The Morgan fingerprint density at radius 2 is 2.08 bits per heavy atom. The van der Waals surface area contributed by atoms with Gasteiger partial charge in [-0.25, -0.2) is 9.37 Å². The minimum atomic E-state index is -0.271. The highest BCUT2D eigenvalue weighted by Gasteiger charge is 2.25. The van der Waals surface area contributed by atoms with Crippen molar-refractivity contribution in [3.63, 3.8) is 0 Å². The highest BCUT2D eigenvalue weighted by molar-refractivity contribution is 9.10. The molecule has 1 aliphatic carbocycles. The third kappa shape index (κ3) is 3.63. The van der Waals surface area contributed by atoms with Gasteiger partial charge < -0.3 is 10.6 Å². The van der Waals surface area contributed by atoms with E-state index in [9.17, 15) is 4.39 Å². The van der Waals surface area contributed by atoms with Crippen molar-refractivity contribution < 1.29 is 4.39 Å². The van der Waals surface area contributed by atoms with E-state index in [2.05, 4.69) is 46.7 Å². The molecule has 2 aromatic heterocycles. The summed E-state index contributed by atoms with van der Waals surface area (Å²) in [5, 5.41) is 13.6. The number of hydrogen-bond donors (Lipinski definition) is 3. The molecule has 0 atom stereocenters. The monoisotopic (exact) mass is 402 g/mol. The first-order valence-corrected chi connectivity index (χ1v) is 8.76. The number of aromatic amines is 1. The molecule has 4 rings (SSSR count). The van der Waals surface area contributed by atoms with E-state index in [0.29, 0.717) is 23.5 Å². The molecule has 0 radical (unpaired) electrons. The van der Waals surface area contributed by atoms with Crippen molar-refractivity contribution in [2.24, 2.45) is 0 Å². The van der Waals surface area contributed by atoms with Crippen LogP contribution in [-0.4, -0.2) is 20.2 Å². The Labute approximate surface area is 152 Å². The van der Waals surface area contributed by atoms with E-state index in [-0.39, 0.29) is 5.82 Å². The molecule has 1 aliphatic rings. The lowest BCUT2D eigenvalue weighted by Gasteiger charge is -2.10. The molecule has 2 heterocycles. The van der Waals surface area contributed by atoms with E-state index in [4.69, 9.17) is 0 Å². The van der Waals surface area contributed by atoms with Crippen LogP contribution in [0.15, 0.2) is 34.9 Å². The van der Waals surface area contributed by atoms with E-state index < -0.39 is 0 Å². The fourth-order valence-corrected chi connectivity index (χ4v) is 2.82. The van der Waals surface area contributed by atoms with Crippen molar-refractivity contribution in [2.75, 3.05) is 10.6 Å². The summed E-state index contributed by atoms with van der Waals surface area (Å²) in [5.74, 6) is 2.07. The lowest BCUT2D eigenvalue weighted by Crippen LogP contribution is -2.02. The van der Waals surface area contributed by atoms with Gasteiger partial charge in [0, 0.05) is 29.6 Å². The first kappa shape index (κ1) is 16.0. The molecule has 1 saturated carbocycles. The lowest BCUT2D eigenvalue weighted by molar-refractivity contribution is 0.627. The molecule has 3 aromatic rings. The molecule has 0 saturated heterocycles. The Kier molecular flexibility index (Phi) is 4.12. The van der Waals surface area contributed by atoms with Crippen molar-refractivity contribution >= 4 is 39.2 Å². The molecule has 8 heteroatoms. The number of benzene rings is 1. The third-order valence-electron chi connectivity index (χ3n) is 4.04. The molecule has 128 valence electrons. The second-order valence-corrected chi connectivity index (χ2v) is 6.94. The smallest absolute Gasteiger partial charge is 0.229 e. The van der Waals surface area contributed by atoms with Crippen LogP contribution in [0.2, 0.25) is 0 Å². The van der Waals surface area contributed by atoms with Gasteiger partial charge in [-0.05, 0) is 59.5 Å². The topological polar surface area (TPSA) is 78.5 Å². The highest BCUT2D eigenvalue weighted by atomic mass is 79.9. The zero-order valence-electron chi connectivity index (χ0n) is 13.5. The van der Waals surface area contributed by atoms with Crippen LogP contribution in [-0.2, 0) is 0 Å². The second-order valence-electron chi connectivity index (χ2n) is 6.08. The van der Waals surface area contributed by atoms with Crippen LogP contribution in [0.25, 0.3) is 0 Å². The Bertz CT molecular complexity index is 921. The fraction of sp³-hybridized carbons (Fsp3) is 0.235. The second kappa shape index (κ2) is 6.44. The molecule has 0 unspecified atom stereocenters.